The lowest BCUT2D eigenvalue weighted by Gasteiger charge is -2.00. The zero-order valence-corrected chi connectivity index (χ0v) is 10.2. The maximum absolute atomic E-state index is 5.17. The van der Waals surface area contributed by atoms with Gasteiger partial charge in [-0.25, -0.2) is 4.98 Å². The van der Waals surface area contributed by atoms with E-state index in [9.17, 15) is 0 Å². The van der Waals surface area contributed by atoms with Crippen LogP contribution < -0.4 is 9.72 Å². The number of H-pyrrole nitrogens is 1. The second-order valence-electron chi connectivity index (χ2n) is 4.19. The van der Waals surface area contributed by atoms with Crippen molar-refractivity contribution in [1.82, 2.24) is 0 Å². The highest BCUT2D eigenvalue weighted by atomic mass is 16.5. The van der Waals surface area contributed by atoms with Crippen LogP contribution in [-0.4, -0.2) is 7.11 Å². The number of hydrogen-bond donors (Lipinski definition) is 0. The maximum atomic E-state index is 5.17. The van der Waals surface area contributed by atoms with Crippen molar-refractivity contribution in [1.29, 1.82) is 0 Å². The number of pyridine rings is 1. The predicted octanol–water partition coefficient (Wildman–Crippen LogP) is 3.33. The van der Waals surface area contributed by atoms with Crippen molar-refractivity contribution in [3.63, 3.8) is 0 Å². The van der Waals surface area contributed by atoms with Crippen molar-refractivity contribution in [3.05, 3.63) is 60.7 Å². The Morgan fingerprint density at radius 1 is 0.833 bits per heavy atom. The van der Waals surface area contributed by atoms with Gasteiger partial charge in [-0.3, -0.25) is 0 Å². The van der Waals surface area contributed by atoms with Crippen LogP contribution in [0.4, 0.5) is 0 Å². The van der Waals surface area contributed by atoms with Gasteiger partial charge < -0.3 is 4.74 Å². The quantitative estimate of drug-likeness (QED) is 0.669. The van der Waals surface area contributed by atoms with Crippen molar-refractivity contribution in [2.75, 3.05) is 7.11 Å². The topological polar surface area (TPSA) is 23.4 Å². The van der Waals surface area contributed by atoms with E-state index in [-0.39, 0.29) is 0 Å². The Labute approximate surface area is 106 Å². The lowest BCUT2D eigenvalue weighted by molar-refractivity contribution is -0.330. The minimum Gasteiger partial charge on any atom is -0.497 e. The summed E-state index contributed by atoms with van der Waals surface area (Å²) in [5.74, 6) is 0.875. The molecule has 0 saturated carbocycles. The Balaban J connectivity index is 2.07. The van der Waals surface area contributed by atoms with Gasteiger partial charge in [-0.2, -0.15) is 0 Å². The molecule has 0 aliphatic heterocycles. The molecular weight excluding hydrogens is 222 g/mol. The van der Waals surface area contributed by atoms with E-state index in [2.05, 4.69) is 41.4 Å². The first-order valence-corrected chi connectivity index (χ1v) is 5.92. The molecule has 1 N–H and O–H groups in total. The highest BCUT2D eigenvalue weighted by molar-refractivity contribution is 5.77. The monoisotopic (exact) mass is 236 g/mol. The first-order chi connectivity index (χ1) is 8.86. The summed E-state index contributed by atoms with van der Waals surface area (Å²) in [5, 5.41) is 1.22. The molecule has 1 aromatic heterocycles. The van der Waals surface area contributed by atoms with E-state index in [1.807, 2.05) is 24.3 Å². The van der Waals surface area contributed by atoms with Crippen molar-refractivity contribution in [2.24, 2.45) is 0 Å². The zero-order valence-electron chi connectivity index (χ0n) is 10.2. The van der Waals surface area contributed by atoms with Crippen LogP contribution in [0.15, 0.2) is 60.7 Å². The van der Waals surface area contributed by atoms with E-state index in [0.29, 0.717) is 0 Å². The normalized spacial score (nSPS) is 10.5. The Bertz CT molecular complexity index is 674. The van der Waals surface area contributed by atoms with Gasteiger partial charge in [-0.1, -0.05) is 12.1 Å². The Hall–Kier alpha value is -2.35. The van der Waals surface area contributed by atoms with Crippen LogP contribution in [0.5, 0.6) is 5.75 Å². The first-order valence-electron chi connectivity index (χ1n) is 5.92. The number of ether oxygens (including phenoxy) is 1. The molecule has 3 rings (SSSR count). The number of benzene rings is 2. The molecule has 0 atom stereocenters. The van der Waals surface area contributed by atoms with Gasteiger partial charge in [-0.05, 0) is 36.4 Å². The Morgan fingerprint density at radius 2 is 1.61 bits per heavy atom. The average Bonchev–Trinajstić information content (AvgIpc) is 2.47. The van der Waals surface area contributed by atoms with Gasteiger partial charge in [0.15, 0.2) is 0 Å². The number of para-hydroxylation sites is 1. The Kier molecular flexibility index (Phi) is 2.69. The SMILES string of the molecule is COc1ccc(-c2ccc3ccccc3[nH+]2)cc1. The molecule has 18 heavy (non-hydrogen) atoms. The van der Waals surface area contributed by atoms with Crippen molar-refractivity contribution < 1.29 is 9.72 Å². The van der Waals surface area contributed by atoms with Gasteiger partial charge in [0.25, 0.3) is 0 Å². The van der Waals surface area contributed by atoms with Crippen molar-refractivity contribution in [3.8, 4) is 17.0 Å². The highest BCUT2D eigenvalue weighted by Crippen LogP contribution is 2.20. The number of aromatic amines is 1. The summed E-state index contributed by atoms with van der Waals surface area (Å²) in [6, 6.07) is 20.6. The molecule has 1 heterocycles. The number of rotatable bonds is 2. The standard InChI is InChI=1S/C16H13NO/c1-18-14-9-6-13(7-10-14)16-11-8-12-4-2-3-5-15(12)17-16/h2-11H,1H3/p+1. The minimum absolute atomic E-state index is 0.875. The van der Waals surface area contributed by atoms with E-state index < -0.39 is 0 Å². The van der Waals surface area contributed by atoms with Crippen molar-refractivity contribution in [2.45, 2.75) is 0 Å². The number of nitrogens with one attached hydrogen (secondary N) is 1. The third-order valence-electron chi connectivity index (χ3n) is 3.06. The molecule has 0 bridgehead atoms. The molecule has 0 unspecified atom stereocenters. The summed E-state index contributed by atoms with van der Waals surface area (Å²) in [4.78, 5) is 3.44. The molecular formula is C16H14NO+. The van der Waals surface area contributed by atoms with E-state index in [1.54, 1.807) is 7.11 Å². The van der Waals surface area contributed by atoms with Crippen LogP contribution in [0.2, 0.25) is 0 Å². The molecule has 2 nitrogen and oxygen atoms in total. The molecule has 0 amide bonds. The molecule has 0 aliphatic carbocycles. The van der Waals surface area contributed by atoms with Gasteiger partial charge in [0, 0.05) is 23.1 Å². The van der Waals surface area contributed by atoms with E-state index in [0.717, 1.165) is 22.5 Å². The molecule has 2 heteroatoms. The first kappa shape index (κ1) is 10.8. The molecule has 0 aliphatic rings. The summed E-state index contributed by atoms with van der Waals surface area (Å²) in [7, 11) is 1.68. The minimum atomic E-state index is 0.875. The van der Waals surface area contributed by atoms with Crippen LogP contribution >= 0.6 is 0 Å². The summed E-state index contributed by atoms with van der Waals surface area (Å²) >= 11 is 0. The third kappa shape index (κ3) is 1.93. The molecule has 3 aromatic rings. The van der Waals surface area contributed by atoms with Crippen LogP contribution in [-0.2, 0) is 0 Å². The summed E-state index contributed by atoms with van der Waals surface area (Å²) in [6.07, 6.45) is 0. The molecule has 0 fully saturated rings. The lowest BCUT2D eigenvalue weighted by atomic mass is 10.1. The van der Waals surface area contributed by atoms with Gasteiger partial charge >= 0.3 is 0 Å². The second kappa shape index (κ2) is 4.49. The van der Waals surface area contributed by atoms with Gasteiger partial charge in [-0.15, -0.1) is 0 Å². The molecule has 2 aromatic carbocycles. The molecule has 0 saturated heterocycles. The predicted molar refractivity (Wildman–Crippen MR) is 72.5 cm³/mol. The fourth-order valence-corrected chi connectivity index (χ4v) is 2.06. The van der Waals surface area contributed by atoms with Gasteiger partial charge in [0.2, 0.25) is 11.2 Å². The van der Waals surface area contributed by atoms with E-state index in [4.69, 9.17) is 4.74 Å². The number of methoxy groups -OCH3 is 1. The molecule has 88 valence electrons. The lowest BCUT2D eigenvalue weighted by Crippen LogP contribution is -2.07. The fraction of sp³-hybridized carbons (Fsp3) is 0.0625. The second-order valence-corrected chi connectivity index (χ2v) is 4.19. The highest BCUT2D eigenvalue weighted by Gasteiger charge is 2.07. The zero-order chi connectivity index (χ0) is 12.4. The van der Waals surface area contributed by atoms with Crippen molar-refractivity contribution >= 4 is 10.9 Å². The van der Waals surface area contributed by atoms with Gasteiger partial charge in [0.05, 0.1) is 7.11 Å². The van der Waals surface area contributed by atoms with Gasteiger partial charge in [0.1, 0.15) is 5.75 Å². The van der Waals surface area contributed by atoms with Crippen LogP contribution in [0.25, 0.3) is 22.2 Å². The maximum Gasteiger partial charge on any atom is 0.211 e. The van der Waals surface area contributed by atoms with Crippen LogP contribution in [0.3, 0.4) is 0 Å². The summed E-state index contributed by atoms with van der Waals surface area (Å²) in [5.41, 5.74) is 3.41. The third-order valence-corrected chi connectivity index (χ3v) is 3.06. The van der Waals surface area contributed by atoms with Crippen LogP contribution in [0.1, 0.15) is 0 Å². The van der Waals surface area contributed by atoms with E-state index in [1.165, 1.54) is 5.39 Å². The largest absolute Gasteiger partial charge is 0.497 e. The molecule has 0 spiro atoms. The Morgan fingerprint density at radius 3 is 2.39 bits per heavy atom. The average molecular weight is 236 g/mol. The fourth-order valence-electron chi connectivity index (χ4n) is 2.06. The number of fused-ring (bicyclic) bond motifs is 1. The summed E-state index contributed by atoms with van der Waals surface area (Å²) in [6.45, 7) is 0. The summed E-state index contributed by atoms with van der Waals surface area (Å²) < 4.78 is 5.17. The molecule has 0 radical (unpaired) electrons. The van der Waals surface area contributed by atoms with E-state index >= 15 is 0 Å². The van der Waals surface area contributed by atoms with Crippen LogP contribution in [0, 0.1) is 0 Å². The smallest absolute Gasteiger partial charge is 0.211 e. The number of aromatic nitrogens is 1. The number of hydrogen-bond acceptors (Lipinski definition) is 1.